The number of carboxylic acids is 2. The van der Waals surface area contributed by atoms with E-state index in [0.29, 0.717) is 0 Å². The summed E-state index contributed by atoms with van der Waals surface area (Å²) in [6.45, 7) is 5.84. The van der Waals surface area contributed by atoms with Gasteiger partial charge in [0.15, 0.2) is 0 Å². The number of hydrogen-bond donors (Lipinski definition) is 2. The molecule has 0 saturated heterocycles. The van der Waals surface area contributed by atoms with E-state index in [1.54, 1.807) is 0 Å². The summed E-state index contributed by atoms with van der Waals surface area (Å²) >= 11 is 10.9. The van der Waals surface area contributed by atoms with E-state index in [1.165, 1.54) is 27.7 Å². The molecule has 0 atom stereocenters. The fourth-order valence-electron chi connectivity index (χ4n) is 0.514. The van der Waals surface area contributed by atoms with Crippen LogP contribution >= 0.6 is 36.2 Å². The number of hydrogen-bond acceptors (Lipinski definition) is 5. The van der Waals surface area contributed by atoms with Crippen LogP contribution in [-0.2, 0) is 9.59 Å². The molecule has 0 fully saturated rings. The molecule has 0 spiro atoms. The molecule has 0 unspecified atom stereocenters. The van der Waals surface area contributed by atoms with Gasteiger partial charge in [0.05, 0.1) is 8.39 Å². The summed E-state index contributed by atoms with van der Waals surface area (Å²) in [5.74, 6) is -2.13. The first-order chi connectivity index (χ1) is 7.44. The Hall–Kier alpha value is -0.530. The van der Waals surface area contributed by atoms with Crippen molar-refractivity contribution in [2.75, 3.05) is 0 Å². The maximum absolute atomic E-state index is 11.0. The molecule has 0 saturated carbocycles. The van der Waals surface area contributed by atoms with Crippen LogP contribution < -0.4 is 0 Å². The highest BCUT2D eigenvalue weighted by molar-refractivity contribution is 8.38. The standard InChI is InChI=1S/C10H14O4S3/c1-9(2,5(11)12)7(15)17-8(16)10(3,4)6(13)14/h1-4H3,(H,11,12)(H,13,14). The van der Waals surface area contributed by atoms with Crippen molar-refractivity contribution < 1.29 is 19.8 Å². The van der Waals surface area contributed by atoms with Gasteiger partial charge in [0.2, 0.25) is 0 Å². The highest BCUT2D eigenvalue weighted by Gasteiger charge is 2.38. The largest absolute Gasteiger partial charge is 0.481 e. The number of thiocarbonyl (C=S) groups is 2. The monoisotopic (exact) mass is 294 g/mol. The molecular formula is C10H14O4S3. The molecule has 4 nitrogen and oxygen atoms in total. The van der Waals surface area contributed by atoms with E-state index >= 15 is 0 Å². The van der Waals surface area contributed by atoms with Crippen LogP contribution in [0.25, 0.3) is 0 Å². The van der Waals surface area contributed by atoms with Crippen LogP contribution in [0.2, 0.25) is 0 Å². The van der Waals surface area contributed by atoms with Crippen molar-refractivity contribution in [2.45, 2.75) is 27.7 Å². The van der Waals surface area contributed by atoms with Crippen molar-refractivity contribution >= 4 is 56.5 Å². The summed E-state index contributed by atoms with van der Waals surface area (Å²) in [5, 5.41) is 18.0. The number of aliphatic carboxylic acids is 2. The topological polar surface area (TPSA) is 74.6 Å². The third-order valence-electron chi connectivity index (χ3n) is 2.28. The molecule has 0 aromatic carbocycles. The zero-order valence-corrected chi connectivity index (χ0v) is 12.4. The summed E-state index contributed by atoms with van der Waals surface area (Å²) in [6, 6.07) is 0. The summed E-state index contributed by atoms with van der Waals surface area (Å²) in [7, 11) is 0. The Morgan fingerprint density at radius 2 is 1.12 bits per heavy atom. The second-order valence-electron chi connectivity index (χ2n) is 4.54. The van der Waals surface area contributed by atoms with Gasteiger partial charge >= 0.3 is 11.9 Å². The zero-order valence-electron chi connectivity index (χ0n) is 9.94. The number of thioether (sulfide) groups is 1. The predicted octanol–water partition coefficient (Wildman–Crippen LogP) is 2.60. The molecular weight excluding hydrogens is 280 g/mol. The van der Waals surface area contributed by atoms with Gasteiger partial charge in [-0.05, 0) is 27.7 Å². The lowest BCUT2D eigenvalue weighted by Gasteiger charge is -2.24. The van der Waals surface area contributed by atoms with E-state index in [2.05, 4.69) is 0 Å². The van der Waals surface area contributed by atoms with Gasteiger partial charge in [0.25, 0.3) is 0 Å². The Labute approximate surface area is 115 Å². The normalized spacial score (nSPS) is 12.0. The minimum Gasteiger partial charge on any atom is -0.481 e. The SMILES string of the molecule is CC(C)(C(=O)O)C(=S)SC(=S)C(C)(C)C(=O)O. The second kappa shape index (κ2) is 5.41. The quantitative estimate of drug-likeness (QED) is 0.772. The molecule has 0 aromatic heterocycles. The van der Waals surface area contributed by atoms with E-state index < -0.39 is 22.8 Å². The van der Waals surface area contributed by atoms with Crippen LogP contribution in [0.4, 0.5) is 0 Å². The van der Waals surface area contributed by atoms with Crippen molar-refractivity contribution in [1.29, 1.82) is 0 Å². The average Bonchev–Trinajstić information content (AvgIpc) is 2.16. The third-order valence-corrected chi connectivity index (χ3v) is 5.19. The average molecular weight is 294 g/mol. The molecule has 7 heteroatoms. The van der Waals surface area contributed by atoms with Gasteiger partial charge in [-0.1, -0.05) is 36.2 Å². The fourth-order valence-corrected chi connectivity index (χ4v) is 2.20. The fraction of sp³-hybridized carbons (Fsp3) is 0.600. The highest BCUT2D eigenvalue weighted by Crippen LogP contribution is 2.33. The van der Waals surface area contributed by atoms with Crippen LogP contribution in [0.15, 0.2) is 0 Å². The minimum absolute atomic E-state index is 0.157. The molecule has 0 aromatic rings. The van der Waals surface area contributed by atoms with Gasteiger partial charge in [-0.2, -0.15) is 0 Å². The molecule has 0 aliphatic heterocycles. The van der Waals surface area contributed by atoms with Gasteiger partial charge in [-0.25, -0.2) is 0 Å². The van der Waals surface area contributed by atoms with Crippen molar-refractivity contribution in [3.63, 3.8) is 0 Å². The molecule has 0 bridgehead atoms. The molecule has 0 radical (unpaired) electrons. The van der Waals surface area contributed by atoms with Crippen LogP contribution in [0, 0.1) is 10.8 Å². The Morgan fingerprint density at radius 3 is 1.29 bits per heavy atom. The lowest BCUT2D eigenvalue weighted by atomic mass is 9.96. The first-order valence-electron chi connectivity index (χ1n) is 4.67. The van der Waals surface area contributed by atoms with Gasteiger partial charge in [0, 0.05) is 0 Å². The van der Waals surface area contributed by atoms with Crippen LogP contribution in [0.1, 0.15) is 27.7 Å². The predicted molar refractivity (Wildman–Crippen MR) is 75.6 cm³/mol. The van der Waals surface area contributed by atoms with E-state index in [9.17, 15) is 9.59 Å². The molecule has 96 valence electrons. The maximum atomic E-state index is 11.0. The van der Waals surface area contributed by atoms with Crippen molar-refractivity contribution in [2.24, 2.45) is 10.8 Å². The van der Waals surface area contributed by atoms with Crippen LogP contribution in [0.5, 0.6) is 0 Å². The molecule has 2 N–H and O–H groups in total. The smallest absolute Gasteiger partial charge is 0.314 e. The summed E-state index contributed by atoms with van der Waals surface area (Å²) in [6.07, 6.45) is 0. The number of carbonyl (C=O) groups is 2. The Bertz CT molecular complexity index is 349. The second-order valence-corrected chi connectivity index (χ2v) is 6.89. The highest BCUT2D eigenvalue weighted by atomic mass is 32.2. The van der Waals surface area contributed by atoms with Crippen LogP contribution in [0.3, 0.4) is 0 Å². The van der Waals surface area contributed by atoms with E-state index in [4.69, 9.17) is 34.6 Å². The molecule has 0 heterocycles. The summed E-state index contributed by atoms with van der Waals surface area (Å²) < 4.78 is 0.314. The summed E-state index contributed by atoms with van der Waals surface area (Å²) in [5.41, 5.74) is -2.45. The van der Waals surface area contributed by atoms with Gasteiger partial charge in [-0.3, -0.25) is 9.59 Å². The number of rotatable bonds is 4. The van der Waals surface area contributed by atoms with E-state index in [0.717, 1.165) is 11.8 Å². The van der Waals surface area contributed by atoms with Gasteiger partial charge in [0.1, 0.15) is 10.8 Å². The maximum Gasteiger partial charge on any atom is 0.314 e. The van der Waals surface area contributed by atoms with E-state index in [1.807, 2.05) is 0 Å². The lowest BCUT2D eigenvalue weighted by Crippen LogP contribution is -2.35. The number of carboxylic acid groups (broad SMARTS) is 2. The lowest BCUT2D eigenvalue weighted by molar-refractivity contribution is -0.143. The summed E-state index contributed by atoms with van der Waals surface area (Å²) in [4.78, 5) is 21.9. The van der Waals surface area contributed by atoms with Gasteiger partial charge in [-0.15, -0.1) is 0 Å². The molecule has 0 aliphatic carbocycles. The minimum atomic E-state index is -1.22. The Balaban J connectivity index is 4.90. The molecule has 0 amide bonds. The molecule has 17 heavy (non-hydrogen) atoms. The Morgan fingerprint density at radius 1 is 0.882 bits per heavy atom. The van der Waals surface area contributed by atoms with Crippen molar-refractivity contribution in [3.05, 3.63) is 0 Å². The third kappa shape index (κ3) is 3.72. The first kappa shape index (κ1) is 16.5. The van der Waals surface area contributed by atoms with Crippen LogP contribution in [-0.4, -0.2) is 30.5 Å². The molecule has 0 rings (SSSR count). The van der Waals surface area contributed by atoms with Crippen molar-refractivity contribution in [3.8, 4) is 0 Å². The zero-order chi connectivity index (χ0) is 14.0. The van der Waals surface area contributed by atoms with Gasteiger partial charge < -0.3 is 10.2 Å². The Kier molecular flexibility index (Phi) is 5.24. The van der Waals surface area contributed by atoms with E-state index in [-0.39, 0.29) is 8.39 Å². The molecule has 0 aliphatic rings. The van der Waals surface area contributed by atoms with Crippen molar-refractivity contribution in [1.82, 2.24) is 0 Å². The first-order valence-corrected chi connectivity index (χ1v) is 6.30.